The molecule has 0 aliphatic heterocycles. The molecule has 0 radical (unpaired) electrons. The molecule has 0 aromatic carbocycles. The van der Waals surface area contributed by atoms with E-state index in [0.717, 1.165) is 43.7 Å². The average molecular weight is 405 g/mol. The van der Waals surface area contributed by atoms with E-state index in [1.807, 2.05) is 24.4 Å². The van der Waals surface area contributed by atoms with Crippen LogP contribution in [0.2, 0.25) is 0 Å². The van der Waals surface area contributed by atoms with Crippen molar-refractivity contribution in [2.24, 2.45) is 0 Å². The lowest BCUT2D eigenvalue weighted by Gasteiger charge is -2.22. The van der Waals surface area contributed by atoms with Crippen LogP contribution >= 0.6 is 34.4 Å². The van der Waals surface area contributed by atoms with E-state index in [0.29, 0.717) is 11.8 Å². The summed E-state index contributed by atoms with van der Waals surface area (Å²) in [5, 5.41) is 15.7. The van der Waals surface area contributed by atoms with Gasteiger partial charge in [0, 0.05) is 6.04 Å². The molecule has 136 valence electrons. The summed E-state index contributed by atoms with van der Waals surface area (Å²) < 4.78 is 1.05. The number of rotatable bonds is 5. The Morgan fingerprint density at radius 2 is 2.15 bits per heavy atom. The second kappa shape index (κ2) is 8.02. The molecule has 3 aromatic rings. The fraction of sp³-hybridized carbons (Fsp3) is 0.444. The molecule has 0 saturated heterocycles. The molecule has 1 N–H and O–H groups in total. The number of aryl methyl sites for hydroxylation is 1. The van der Waals surface area contributed by atoms with Crippen LogP contribution in [0.5, 0.6) is 0 Å². The summed E-state index contributed by atoms with van der Waals surface area (Å²) in [6.07, 6.45) is 5.91. The van der Waals surface area contributed by atoms with Crippen molar-refractivity contribution in [2.75, 3.05) is 5.75 Å². The van der Waals surface area contributed by atoms with Crippen molar-refractivity contribution in [3.8, 4) is 10.6 Å². The molecular weight excluding hydrogens is 384 g/mol. The first kappa shape index (κ1) is 17.9. The van der Waals surface area contributed by atoms with Gasteiger partial charge in [-0.1, -0.05) is 37.1 Å². The summed E-state index contributed by atoms with van der Waals surface area (Å²) in [6, 6.07) is 4.40. The molecule has 3 aromatic heterocycles. The van der Waals surface area contributed by atoms with Gasteiger partial charge in [0.2, 0.25) is 5.91 Å². The van der Waals surface area contributed by atoms with Gasteiger partial charge in [0.25, 0.3) is 0 Å². The largest absolute Gasteiger partial charge is 0.353 e. The molecule has 0 bridgehead atoms. The summed E-state index contributed by atoms with van der Waals surface area (Å²) in [4.78, 5) is 18.0. The Kier molecular flexibility index (Phi) is 5.52. The smallest absolute Gasteiger partial charge is 0.230 e. The fourth-order valence-electron chi connectivity index (χ4n) is 3.24. The predicted molar refractivity (Wildman–Crippen MR) is 109 cm³/mol. The van der Waals surface area contributed by atoms with Crippen molar-refractivity contribution in [2.45, 2.75) is 50.1 Å². The lowest BCUT2D eigenvalue weighted by atomic mass is 9.95. The summed E-state index contributed by atoms with van der Waals surface area (Å²) in [5.41, 5.74) is 1.75. The van der Waals surface area contributed by atoms with Crippen LogP contribution in [-0.2, 0) is 4.79 Å². The van der Waals surface area contributed by atoms with Crippen molar-refractivity contribution in [3.05, 3.63) is 22.5 Å². The summed E-state index contributed by atoms with van der Waals surface area (Å²) in [7, 11) is 0. The Hall–Kier alpha value is -1.51. The number of carbonyl (C=O) groups excluding carboxylic acids is 1. The quantitative estimate of drug-likeness (QED) is 0.626. The normalized spacial score (nSPS) is 15.4. The van der Waals surface area contributed by atoms with Crippen LogP contribution in [0.3, 0.4) is 0 Å². The monoisotopic (exact) mass is 404 g/mol. The minimum Gasteiger partial charge on any atom is -0.353 e. The Morgan fingerprint density at radius 1 is 1.31 bits per heavy atom. The fourth-order valence-corrected chi connectivity index (χ4v) is 5.74. The minimum absolute atomic E-state index is 0.0751. The molecule has 1 fully saturated rings. The Balaban J connectivity index is 1.50. The van der Waals surface area contributed by atoms with E-state index in [9.17, 15) is 4.79 Å². The highest BCUT2D eigenvalue weighted by atomic mass is 32.2. The van der Waals surface area contributed by atoms with Crippen LogP contribution < -0.4 is 5.32 Å². The number of nitrogens with zero attached hydrogens (tertiary/aromatic N) is 3. The molecular formula is C18H20N4OS3. The van der Waals surface area contributed by atoms with Gasteiger partial charge in [-0.05, 0) is 31.2 Å². The first-order valence-electron chi connectivity index (χ1n) is 8.80. The SMILES string of the molecule is Cc1nc2c(SCC(=O)NC3CCCCC3)nnc(-c3cccs3)c2s1. The lowest BCUT2D eigenvalue weighted by molar-refractivity contribution is -0.119. The van der Waals surface area contributed by atoms with Crippen LogP contribution in [0.25, 0.3) is 20.8 Å². The number of nitrogens with one attached hydrogen (secondary N) is 1. The van der Waals surface area contributed by atoms with Crippen LogP contribution in [-0.4, -0.2) is 32.9 Å². The number of amides is 1. The number of carbonyl (C=O) groups is 1. The van der Waals surface area contributed by atoms with Crippen LogP contribution in [0.15, 0.2) is 22.5 Å². The van der Waals surface area contributed by atoms with Gasteiger partial charge in [-0.15, -0.1) is 32.9 Å². The van der Waals surface area contributed by atoms with Crippen molar-refractivity contribution in [1.29, 1.82) is 0 Å². The summed E-state index contributed by atoms with van der Waals surface area (Å²) in [6.45, 7) is 1.99. The summed E-state index contributed by atoms with van der Waals surface area (Å²) >= 11 is 4.71. The van der Waals surface area contributed by atoms with Crippen LogP contribution in [0.4, 0.5) is 0 Å². The number of thiophene rings is 1. The number of hydrogen-bond donors (Lipinski definition) is 1. The van der Waals surface area contributed by atoms with Crippen LogP contribution in [0.1, 0.15) is 37.1 Å². The molecule has 1 aliphatic carbocycles. The van der Waals surface area contributed by atoms with E-state index < -0.39 is 0 Å². The minimum atomic E-state index is 0.0751. The molecule has 5 nitrogen and oxygen atoms in total. The van der Waals surface area contributed by atoms with Gasteiger partial charge in [-0.2, -0.15) is 0 Å². The maximum atomic E-state index is 12.3. The molecule has 1 aliphatic rings. The van der Waals surface area contributed by atoms with Crippen LogP contribution in [0, 0.1) is 6.92 Å². The zero-order valence-corrected chi connectivity index (χ0v) is 17.0. The highest BCUT2D eigenvalue weighted by Gasteiger charge is 2.19. The number of hydrogen-bond acceptors (Lipinski definition) is 7. The zero-order chi connectivity index (χ0) is 17.9. The predicted octanol–water partition coefficient (Wildman–Crippen LogP) is 4.66. The molecule has 1 saturated carbocycles. The van der Waals surface area contributed by atoms with E-state index in [2.05, 4.69) is 20.5 Å². The standard InChI is InChI=1S/C18H20N4OS3/c1-11-19-16-17(26-11)15(13-8-5-9-24-13)21-22-18(16)25-10-14(23)20-12-6-3-2-4-7-12/h5,8-9,12H,2-4,6-7,10H2,1H3,(H,20,23). The van der Waals surface area contributed by atoms with Gasteiger partial charge < -0.3 is 5.32 Å². The van der Waals surface area contributed by atoms with E-state index in [4.69, 9.17) is 0 Å². The van der Waals surface area contributed by atoms with Gasteiger partial charge in [0.15, 0.2) is 0 Å². The second-order valence-corrected chi connectivity index (χ2v) is 9.55. The first-order valence-corrected chi connectivity index (χ1v) is 11.5. The van der Waals surface area contributed by atoms with E-state index in [1.54, 1.807) is 22.7 Å². The van der Waals surface area contributed by atoms with Crippen molar-refractivity contribution in [3.63, 3.8) is 0 Å². The third kappa shape index (κ3) is 3.92. The highest BCUT2D eigenvalue weighted by molar-refractivity contribution is 8.00. The van der Waals surface area contributed by atoms with Gasteiger partial charge in [0.05, 0.1) is 20.3 Å². The van der Waals surface area contributed by atoms with Gasteiger partial charge in [-0.25, -0.2) is 4.98 Å². The van der Waals surface area contributed by atoms with E-state index >= 15 is 0 Å². The van der Waals surface area contributed by atoms with Crippen molar-refractivity contribution in [1.82, 2.24) is 20.5 Å². The topological polar surface area (TPSA) is 67.8 Å². The number of thiazole rings is 1. The molecule has 0 spiro atoms. The second-order valence-electron chi connectivity index (χ2n) is 6.43. The molecule has 1 amide bonds. The Bertz CT molecular complexity index is 901. The number of thioether (sulfide) groups is 1. The Morgan fingerprint density at radius 3 is 2.92 bits per heavy atom. The molecule has 8 heteroatoms. The number of aromatic nitrogens is 3. The average Bonchev–Trinajstić information content (AvgIpc) is 3.29. The summed E-state index contributed by atoms with van der Waals surface area (Å²) in [5.74, 6) is 0.431. The maximum Gasteiger partial charge on any atom is 0.230 e. The van der Waals surface area contributed by atoms with Gasteiger partial charge in [-0.3, -0.25) is 4.79 Å². The first-order chi connectivity index (χ1) is 12.7. The Labute approximate surface area is 164 Å². The highest BCUT2D eigenvalue weighted by Crippen LogP contribution is 2.36. The third-order valence-electron chi connectivity index (χ3n) is 4.46. The lowest BCUT2D eigenvalue weighted by Crippen LogP contribution is -2.37. The van der Waals surface area contributed by atoms with Crippen molar-refractivity contribution < 1.29 is 4.79 Å². The van der Waals surface area contributed by atoms with Gasteiger partial charge in [0.1, 0.15) is 16.2 Å². The molecule has 4 rings (SSSR count). The number of fused-ring (bicyclic) bond motifs is 1. The zero-order valence-electron chi connectivity index (χ0n) is 14.5. The molecule has 0 unspecified atom stereocenters. The van der Waals surface area contributed by atoms with E-state index in [1.165, 1.54) is 31.0 Å². The van der Waals surface area contributed by atoms with E-state index in [-0.39, 0.29) is 5.91 Å². The molecule has 3 heterocycles. The molecule has 26 heavy (non-hydrogen) atoms. The third-order valence-corrected chi connectivity index (χ3v) is 7.27. The van der Waals surface area contributed by atoms with Gasteiger partial charge >= 0.3 is 0 Å². The maximum absolute atomic E-state index is 12.3. The molecule has 0 atom stereocenters. The van der Waals surface area contributed by atoms with Crippen molar-refractivity contribution >= 4 is 50.6 Å².